The lowest BCUT2D eigenvalue weighted by molar-refractivity contribution is 0.554. The van der Waals surface area contributed by atoms with E-state index in [1.54, 1.807) is 26.0 Å². The molecule has 0 amide bonds. The van der Waals surface area contributed by atoms with Crippen LogP contribution >= 0.6 is 0 Å². The summed E-state index contributed by atoms with van der Waals surface area (Å²) in [5, 5.41) is -0.677. The molecule has 5 heteroatoms. The van der Waals surface area contributed by atoms with Crippen molar-refractivity contribution < 1.29 is 8.42 Å². The first-order valence-electron chi connectivity index (χ1n) is 4.63. The number of rotatable bonds is 4. The first-order valence-corrected chi connectivity index (χ1v) is 6.18. The summed E-state index contributed by atoms with van der Waals surface area (Å²) in [5.41, 5.74) is 0. The minimum absolute atomic E-state index is 0.119. The van der Waals surface area contributed by atoms with E-state index in [1.165, 1.54) is 12.4 Å². The van der Waals surface area contributed by atoms with E-state index >= 15 is 0 Å². The van der Waals surface area contributed by atoms with Crippen molar-refractivity contribution in [3.8, 4) is 0 Å². The molecule has 0 N–H and O–H groups in total. The zero-order valence-corrected chi connectivity index (χ0v) is 9.61. The van der Waals surface area contributed by atoms with Gasteiger partial charge in [-0.05, 0) is 18.9 Å². The van der Waals surface area contributed by atoms with Crippen LogP contribution in [0.1, 0.15) is 13.8 Å². The SMILES string of the molecule is C=CC(C)C(C)S(=O)(=O)c1ncccn1. The molecular weight excluding hydrogens is 212 g/mol. The molecule has 0 bridgehead atoms. The van der Waals surface area contributed by atoms with Crippen LogP contribution in [0, 0.1) is 5.92 Å². The molecule has 1 aromatic rings. The van der Waals surface area contributed by atoms with Crippen molar-refractivity contribution >= 4 is 9.84 Å². The van der Waals surface area contributed by atoms with Crippen LogP contribution in [0.25, 0.3) is 0 Å². The summed E-state index contributed by atoms with van der Waals surface area (Å²) in [6.07, 6.45) is 4.46. The van der Waals surface area contributed by atoms with Crippen molar-refractivity contribution in [2.75, 3.05) is 0 Å². The van der Waals surface area contributed by atoms with Gasteiger partial charge in [0.2, 0.25) is 15.0 Å². The Morgan fingerprint density at radius 2 is 1.87 bits per heavy atom. The van der Waals surface area contributed by atoms with Gasteiger partial charge in [0.05, 0.1) is 5.25 Å². The normalized spacial score (nSPS) is 15.6. The van der Waals surface area contributed by atoms with Gasteiger partial charge in [0.1, 0.15) is 0 Å². The quantitative estimate of drug-likeness (QED) is 0.576. The molecule has 0 aliphatic heterocycles. The number of sulfone groups is 1. The van der Waals surface area contributed by atoms with E-state index in [-0.39, 0.29) is 11.1 Å². The summed E-state index contributed by atoms with van der Waals surface area (Å²) < 4.78 is 23.9. The van der Waals surface area contributed by atoms with Gasteiger partial charge < -0.3 is 0 Å². The maximum Gasteiger partial charge on any atom is 0.247 e. The van der Waals surface area contributed by atoms with Gasteiger partial charge in [0.15, 0.2) is 0 Å². The fraction of sp³-hybridized carbons (Fsp3) is 0.400. The van der Waals surface area contributed by atoms with Crippen LogP contribution in [-0.2, 0) is 9.84 Å². The topological polar surface area (TPSA) is 59.9 Å². The maximum absolute atomic E-state index is 12.0. The Morgan fingerprint density at radius 3 is 2.33 bits per heavy atom. The summed E-state index contributed by atoms with van der Waals surface area (Å²) in [7, 11) is -3.44. The Hall–Kier alpha value is -1.23. The van der Waals surface area contributed by atoms with E-state index < -0.39 is 15.1 Å². The minimum atomic E-state index is -3.44. The lowest BCUT2D eigenvalue weighted by Crippen LogP contribution is -2.25. The molecule has 82 valence electrons. The first-order chi connectivity index (χ1) is 7.00. The summed E-state index contributed by atoms with van der Waals surface area (Å²) in [6.45, 7) is 7.02. The highest BCUT2D eigenvalue weighted by molar-refractivity contribution is 7.91. The molecule has 0 saturated heterocycles. The molecule has 1 heterocycles. The van der Waals surface area contributed by atoms with E-state index in [0.717, 1.165) is 0 Å². The molecule has 0 aliphatic carbocycles. The molecule has 2 atom stereocenters. The number of aromatic nitrogens is 2. The molecule has 15 heavy (non-hydrogen) atoms. The van der Waals surface area contributed by atoms with E-state index in [1.807, 2.05) is 0 Å². The Morgan fingerprint density at radius 1 is 1.33 bits per heavy atom. The van der Waals surface area contributed by atoms with Crippen molar-refractivity contribution in [3.63, 3.8) is 0 Å². The van der Waals surface area contributed by atoms with Crippen LogP contribution < -0.4 is 0 Å². The first kappa shape index (κ1) is 11.8. The molecule has 0 radical (unpaired) electrons. The Balaban J connectivity index is 3.09. The Kier molecular flexibility index (Phi) is 3.57. The highest BCUT2D eigenvalue weighted by Gasteiger charge is 2.28. The van der Waals surface area contributed by atoms with Crippen molar-refractivity contribution in [1.82, 2.24) is 9.97 Å². The molecule has 0 aromatic carbocycles. The predicted octanol–water partition coefficient (Wildman–Crippen LogP) is 1.46. The molecule has 0 spiro atoms. The van der Waals surface area contributed by atoms with Crippen LogP contribution in [0.15, 0.2) is 36.3 Å². The highest BCUT2D eigenvalue weighted by atomic mass is 32.2. The Bertz CT molecular complexity index is 428. The van der Waals surface area contributed by atoms with E-state index in [4.69, 9.17) is 0 Å². The third-order valence-corrected chi connectivity index (χ3v) is 4.53. The fourth-order valence-electron chi connectivity index (χ4n) is 1.07. The summed E-state index contributed by atoms with van der Waals surface area (Å²) in [5.74, 6) is -0.126. The zero-order valence-electron chi connectivity index (χ0n) is 8.79. The van der Waals surface area contributed by atoms with Crippen molar-refractivity contribution in [1.29, 1.82) is 0 Å². The second kappa shape index (κ2) is 4.53. The lowest BCUT2D eigenvalue weighted by Gasteiger charge is -2.15. The van der Waals surface area contributed by atoms with Crippen LogP contribution in [0.5, 0.6) is 0 Å². The standard InChI is InChI=1S/C10H14N2O2S/c1-4-8(2)9(3)15(13,14)10-11-6-5-7-12-10/h4-9H,1H2,2-3H3. The van der Waals surface area contributed by atoms with Gasteiger partial charge in [0.25, 0.3) is 0 Å². The van der Waals surface area contributed by atoms with Gasteiger partial charge >= 0.3 is 0 Å². The summed E-state index contributed by atoms with van der Waals surface area (Å²) in [4.78, 5) is 7.51. The minimum Gasteiger partial charge on any atom is -0.227 e. The van der Waals surface area contributed by atoms with E-state index in [9.17, 15) is 8.42 Å². The number of hydrogen-bond acceptors (Lipinski definition) is 4. The van der Waals surface area contributed by atoms with Crippen LogP contribution in [0.3, 0.4) is 0 Å². The smallest absolute Gasteiger partial charge is 0.227 e. The van der Waals surface area contributed by atoms with Gasteiger partial charge in [-0.2, -0.15) is 0 Å². The second-order valence-electron chi connectivity index (χ2n) is 3.38. The monoisotopic (exact) mass is 226 g/mol. The van der Waals surface area contributed by atoms with Gasteiger partial charge in [-0.15, -0.1) is 6.58 Å². The lowest BCUT2D eigenvalue weighted by atomic mass is 10.1. The predicted molar refractivity (Wildman–Crippen MR) is 58.0 cm³/mol. The average Bonchev–Trinajstić information content (AvgIpc) is 2.28. The van der Waals surface area contributed by atoms with Crippen molar-refractivity contribution in [3.05, 3.63) is 31.1 Å². The number of hydrogen-bond donors (Lipinski definition) is 0. The van der Waals surface area contributed by atoms with Gasteiger partial charge in [-0.3, -0.25) is 0 Å². The third-order valence-electron chi connectivity index (χ3n) is 2.40. The Labute approximate surface area is 90.0 Å². The van der Waals surface area contributed by atoms with Gasteiger partial charge in [-0.25, -0.2) is 18.4 Å². The van der Waals surface area contributed by atoms with Crippen LogP contribution in [-0.4, -0.2) is 23.6 Å². The molecular formula is C10H14N2O2S. The average molecular weight is 226 g/mol. The van der Waals surface area contributed by atoms with Gasteiger partial charge in [-0.1, -0.05) is 13.0 Å². The molecule has 2 unspecified atom stereocenters. The zero-order chi connectivity index (χ0) is 11.5. The van der Waals surface area contributed by atoms with Gasteiger partial charge in [0, 0.05) is 12.4 Å². The molecule has 0 aliphatic rings. The second-order valence-corrected chi connectivity index (χ2v) is 5.58. The summed E-state index contributed by atoms with van der Waals surface area (Å²) in [6, 6.07) is 1.58. The summed E-state index contributed by atoms with van der Waals surface area (Å²) >= 11 is 0. The number of allylic oxidation sites excluding steroid dienone is 1. The molecule has 1 aromatic heterocycles. The highest BCUT2D eigenvalue weighted by Crippen LogP contribution is 2.18. The van der Waals surface area contributed by atoms with Crippen LogP contribution in [0.2, 0.25) is 0 Å². The molecule has 0 fully saturated rings. The van der Waals surface area contributed by atoms with E-state index in [2.05, 4.69) is 16.5 Å². The molecule has 0 saturated carbocycles. The maximum atomic E-state index is 12.0. The number of nitrogens with zero attached hydrogens (tertiary/aromatic N) is 2. The fourth-order valence-corrected chi connectivity index (χ4v) is 2.50. The largest absolute Gasteiger partial charge is 0.247 e. The third kappa shape index (κ3) is 2.41. The van der Waals surface area contributed by atoms with Crippen LogP contribution in [0.4, 0.5) is 0 Å². The molecule has 4 nitrogen and oxygen atoms in total. The van der Waals surface area contributed by atoms with Crippen molar-refractivity contribution in [2.45, 2.75) is 24.3 Å². The molecule has 1 rings (SSSR count). The van der Waals surface area contributed by atoms with Crippen molar-refractivity contribution in [2.24, 2.45) is 5.92 Å². The van der Waals surface area contributed by atoms with E-state index in [0.29, 0.717) is 0 Å².